The molecule has 0 aromatic rings. The van der Waals surface area contributed by atoms with Crippen molar-refractivity contribution in [3.8, 4) is 0 Å². The first kappa shape index (κ1) is 9.49. The van der Waals surface area contributed by atoms with E-state index >= 15 is 0 Å². The van der Waals surface area contributed by atoms with Crippen molar-refractivity contribution in [1.82, 2.24) is 10.2 Å². The van der Waals surface area contributed by atoms with Crippen LogP contribution in [0.15, 0.2) is 0 Å². The maximum Gasteiger partial charge on any atom is 0.245 e. The molecule has 2 aliphatic heterocycles. The molecule has 0 radical (unpaired) electrons. The van der Waals surface area contributed by atoms with E-state index in [1.807, 2.05) is 4.90 Å². The van der Waals surface area contributed by atoms with Crippen LogP contribution < -0.4 is 5.32 Å². The summed E-state index contributed by atoms with van der Waals surface area (Å²) in [7, 11) is 0. The van der Waals surface area contributed by atoms with Gasteiger partial charge in [-0.2, -0.15) is 0 Å². The Bertz CT molecular complexity index is 265. The van der Waals surface area contributed by atoms with Crippen LogP contribution in [0.5, 0.6) is 0 Å². The fraction of sp³-hybridized carbons (Fsp3) is 0.800. The topological polar surface area (TPSA) is 49.4 Å². The predicted molar refractivity (Wildman–Crippen MR) is 51.5 cm³/mol. The maximum absolute atomic E-state index is 11.8. The summed E-state index contributed by atoms with van der Waals surface area (Å²) in [4.78, 5) is 24.7. The molecule has 2 aliphatic rings. The molecule has 2 atom stereocenters. The molecule has 0 aromatic heterocycles. The van der Waals surface area contributed by atoms with Gasteiger partial charge < -0.3 is 10.2 Å². The van der Waals surface area contributed by atoms with E-state index in [0.29, 0.717) is 18.8 Å². The molecule has 4 nitrogen and oxygen atoms in total. The van der Waals surface area contributed by atoms with Crippen LogP contribution in [0.2, 0.25) is 0 Å². The molecule has 2 heterocycles. The van der Waals surface area contributed by atoms with Gasteiger partial charge in [0.1, 0.15) is 6.04 Å². The molecule has 0 spiro atoms. The standard InChI is InChI=1S/C10H16N2O2/c1-7-4-5-12(6-7)10(14)8-2-3-9(13)11-8/h7-8H,2-6H2,1H3,(H,11,13). The molecule has 0 aliphatic carbocycles. The summed E-state index contributed by atoms with van der Waals surface area (Å²) in [5.41, 5.74) is 0. The van der Waals surface area contributed by atoms with Gasteiger partial charge in [-0.1, -0.05) is 6.92 Å². The SMILES string of the molecule is CC1CCN(C(=O)C2CCC(=O)N2)C1. The minimum absolute atomic E-state index is 0.00981. The van der Waals surface area contributed by atoms with Crippen molar-refractivity contribution in [3.63, 3.8) is 0 Å². The van der Waals surface area contributed by atoms with Gasteiger partial charge in [0.2, 0.25) is 11.8 Å². The van der Waals surface area contributed by atoms with Crippen LogP contribution in [-0.2, 0) is 9.59 Å². The van der Waals surface area contributed by atoms with Crippen LogP contribution in [-0.4, -0.2) is 35.8 Å². The Hall–Kier alpha value is -1.06. The van der Waals surface area contributed by atoms with Gasteiger partial charge in [0.25, 0.3) is 0 Å². The van der Waals surface area contributed by atoms with Crippen LogP contribution in [0.1, 0.15) is 26.2 Å². The van der Waals surface area contributed by atoms with E-state index in [2.05, 4.69) is 12.2 Å². The van der Waals surface area contributed by atoms with E-state index in [4.69, 9.17) is 0 Å². The summed E-state index contributed by atoms with van der Waals surface area (Å²) in [6, 6.07) is -0.243. The molecule has 0 bridgehead atoms. The van der Waals surface area contributed by atoms with Crippen LogP contribution in [0.3, 0.4) is 0 Å². The van der Waals surface area contributed by atoms with Crippen LogP contribution in [0.4, 0.5) is 0 Å². The normalized spacial score (nSPS) is 32.1. The van der Waals surface area contributed by atoms with Crippen molar-refractivity contribution < 1.29 is 9.59 Å². The van der Waals surface area contributed by atoms with Crippen molar-refractivity contribution >= 4 is 11.8 Å². The Balaban J connectivity index is 1.92. The van der Waals surface area contributed by atoms with Crippen molar-refractivity contribution in [3.05, 3.63) is 0 Å². The number of likely N-dealkylation sites (tertiary alicyclic amines) is 1. The Morgan fingerprint density at radius 2 is 2.29 bits per heavy atom. The van der Waals surface area contributed by atoms with Crippen molar-refractivity contribution in [2.24, 2.45) is 5.92 Å². The van der Waals surface area contributed by atoms with E-state index in [1.165, 1.54) is 0 Å². The number of carbonyl (C=O) groups excluding carboxylic acids is 2. The number of nitrogens with one attached hydrogen (secondary N) is 1. The number of rotatable bonds is 1. The minimum Gasteiger partial charge on any atom is -0.344 e. The zero-order chi connectivity index (χ0) is 10.1. The molecule has 2 saturated heterocycles. The second kappa shape index (κ2) is 3.59. The van der Waals surface area contributed by atoms with E-state index in [0.717, 1.165) is 19.5 Å². The van der Waals surface area contributed by atoms with Gasteiger partial charge in [0.15, 0.2) is 0 Å². The lowest BCUT2D eigenvalue weighted by molar-refractivity contribution is -0.133. The first-order chi connectivity index (χ1) is 6.66. The molecule has 2 amide bonds. The molecular formula is C10H16N2O2. The highest BCUT2D eigenvalue weighted by Crippen LogP contribution is 2.18. The fourth-order valence-electron chi connectivity index (χ4n) is 2.15. The van der Waals surface area contributed by atoms with Crippen molar-refractivity contribution in [2.75, 3.05) is 13.1 Å². The summed E-state index contributed by atoms with van der Waals surface area (Å²) >= 11 is 0. The van der Waals surface area contributed by atoms with Gasteiger partial charge in [0.05, 0.1) is 0 Å². The third-order valence-corrected chi connectivity index (χ3v) is 3.03. The maximum atomic E-state index is 11.8. The first-order valence-electron chi connectivity index (χ1n) is 5.25. The zero-order valence-corrected chi connectivity index (χ0v) is 8.45. The molecule has 0 aromatic carbocycles. The van der Waals surface area contributed by atoms with Gasteiger partial charge in [0, 0.05) is 19.5 Å². The third-order valence-electron chi connectivity index (χ3n) is 3.03. The van der Waals surface area contributed by atoms with Gasteiger partial charge in [-0.15, -0.1) is 0 Å². The summed E-state index contributed by atoms with van der Waals surface area (Å²) in [6.45, 7) is 3.86. The average Bonchev–Trinajstić information content (AvgIpc) is 2.73. The highest BCUT2D eigenvalue weighted by Gasteiger charge is 2.33. The Morgan fingerprint density at radius 3 is 2.79 bits per heavy atom. The van der Waals surface area contributed by atoms with Crippen molar-refractivity contribution in [2.45, 2.75) is 32.2 Å². The van der Waals surface area contributed by atoms with Gasteiger partial charge in [-0.05, 0) is 18.8 Å². The molecule has 2 fully saturated rings. The van der Waals surface area contributed by atoms with E-state index in [9.17, 15) is 9.59 Å². The van der Waals surface area contributed by atoms with Crippen LogP contribution >= 0.6 is 0 Å². The third kappa shape index (κ3) is 1.74. The van der Waals surface area contributed by atoms with Gasteiger partial charge in [-0.3, -0.25) is 9.59 Å². The molecular weight excluding hydrogens is 180 g/mol. The smallest absolute Gasteiger partial charge is 0.245 e. The predicted octanol–water partition coefficient (Wildman–Crippen LogP) is 0.133. The van der Waals surface area contributed by atoms with Gasteiger partial charge in [-0.25, -0.2) is 0 Å². The quantitative estimate of drug-likeness (QED) is 0.648. The van der Waals surface area contributed by atoms with Crippen LogP contribution in [0.25, 0.3) is 0 Å². The summed E-state index contributed by atoms with van der Waals surface area (Å²) in [5.74, 6) is 0.729. The number of carbonyl (C=O) groups is 2. The molecule has 14 heavy (non-hydrogen) atoms. The number of hydrogen-bond acceptors (Lipinski definition) is 2. The van der Waals surface area contributed by atoms with Gasteiger partial charge >= 0.3 is 0 Å². The molecule has 0 saturated carbocycles. The Kier molecular flexibility index (Phi) is 2.44. The monoisotopic (exact) mass is 196 g/mol. The van der Waals surface area contributed by atoms with E-state index in [1.54, 1.807) is 0 Å². The molecule has 78 valence electrons. The van der Waals surface area contributed by atoms with Crippen LogP contribution in [0, 0.1) is 5.92 Å². The zero-order valence-electron chi connectivity index (χ0n) is 8.45. The molecule has 2 unspecified atom stereocenters. The minimum atomic E-state index is -0.243. The largest absolute Gasteiger partial charge is 0.344 e. The Labute approximate surface area is 83.6 Å². The van der Waals surface area contributed by atoms with E-state index in [-0.39, 0.29) is 17.9 Å². The Morgan fingerprint density at radius 1 is 1.50 bits per heavy atom. The molecule has 1 N–H and O–H groups in total. The second-order valence-electron chi connectivity index (χ2n) is 4.34. The van der Waals surface area contributed by atoms with E-state index < -0.39 is 0 Å². The lowest BCUT2D eigenvalue weighted by Crippen LogP contribution is -2.43. The molecule has 4 heteroatoms. The highest BCUT2D eigenvalue weighted by molar-refractivity contribution is 5.90. The second-order valence-corrected chi connectivity index (χ2v) is 4.34. The number of amides is 2. The fourth-order valence-corrected chi connectivity index (χ4v) is 2.15. The van der Waals surface area contributed by atoms with Crippen molar-refractivity contribution in [1.29, 1.82) is 0 Å². The summed E-state index contributed by atoms with van der Waals surface area (Å²) in [5, 5.41) is 2.72. The lowest BCUT2D eigenvalue weighted by atomic mass is 10.2. The molecule has 2 rings (SSSR count). The number of hydrogen-bond donors (Lipinski definition) is 1. The summed E-state index contributed by atoms with van der Waals surface area (Å²) < 4.78 is 0. The number of nitrogens with zero attached hydrogens (tertiary/aromatic N) is 1. The lowest BCUT2D eigenvalue weighted by Gasteiger charge is -2.19. The first-order valence-corrected chi connectivity index (χ1v) is 5.25. The average molecular weight is 196 g/mol. The summed E-state index contributed by atoms with van der Waals surface area (Å²) in [6.07, 6.45) is 2.26. The highest BCUT2D eigenvalue weighted by atomic mass is 16.2.